The number of likely N-dealkylation sites (tertiary alicyclic amines) is 1. The van der Waals surface area contributed by atoms with Crippen LogP contribution in [0.4, 0.5) is 4.39 Å². The van der Waals surface area contributed by atoms with Crippen molar-refractivity contribution in [3.8, 4) is 0 Å². The normalized spacial score (nSPS) is 19.8. The molecule has 2 saturated heterocycles. The minimum atomic E-state index is -0.319. The van der Waals surface area contributed by atoms with Crippen LogP contribution >= 0.6 is 24.0 Å². The van der Waals surface area contributed by atoms with Crippen LogP contribution in [0.3, 0.4) is 0 Å². The zero-order valence-corrected chi connectivity index (χ0v) is 15.4. The van der Waals surface area contributed by atoms with E-state index in [1.807, 2.05) is 4.90 Å². The van der Waals surface area contributed by atoms with Crippen molar-refractivity contribution in [2.75, 3.05) is 19.6 Å². The summed E-state index contributed by atoms with van der Waals surface area (Å²) in [5.74, 6) is -0.428. The maximum absolute atomic E-state index is 13.0. The Hall–Kier alpha value is -1.73. The van der Waals surface area contributed by atoms with Gasteiger partial charge in [-0.25, -0.2) is 4.39 Å². The SMILES string of the molecule is O=C(CCN1C(=O)/C(=C\c2ccc(F)cc2)SC1=S)N1CCCCC1. The van der Waals surface area contributed by atoms with Crippen molar-refractivity contribution in [3.63, 3.8) is 0 Å². The molecule has 2 amide bonds. The molecule has 0 aromatic heterocycles. The van der Waals surface area contributed by atoms with Gasteiger partial charge in [-0.15, -0.1) is 0 Å². The van der Waals surface area contributed by atoms with Gasteiger partial charge in [0.05, 0.1) is 4.91 Å². The number of carbonyl (C=O) groups excluding carboxylic acids is 2. The fourth-order valence-corrected chi connectivity index (χ4v) is 4.22. The van der Waals surface area contributed by atoms with Crippen molar-refractivity contribution < 1.29 is 14.0 Å². The summed E-state index contributed by atoms with van der Waals surface area (Å²) in [6.07, 6.45) is 5.26. The van der Waals surface area contributed by atoms with Crippen LogP contribution in [-0.2, 0) is 9.59 Å². The lowest BCUT2D eigenvalue weighted by Gasteiger charge is -2.27. The fourth-order valence-electron chi connectivity index (χ4n) is 2.91. The van der Waals surface area contributed by atoms with Gasteiger partial charge in [-0.1, -0.05) is 36.1 Å². The van der Waals surface area contributed by atoms with Crippen molar-refractivity contribution in [1.29, 1.82) is 0 Å². The van der Waals surface area contributed by atoms with Crippen LogP contribution in [0.15, 0.2) is 29.2 Å². The van der Waals surface area contributed by atoms with E-state index < -0.39 is 0 Å². The van der Waals surface area contributed by atoms with Gasteiger partial charge in [-0.05, 0) is 43.0 Å². The number of hydrogen-bond donors (Lipinski definition) is 0. The standard InChI is InChI=1S/C18H19FN2O2S2/c19-14-6-4-13(5-7-14)12-15-17(23)21(18(24)25-15)11-8-16(22)20-9-2-1-3-10-20/h4-7,12H,1-3,8-11H2/b15-12+. The second-order valence-electron chi connectivity index (χ2n) is 6.08. The molecule has 3 rings (SSSR count). The molecule has 4 nitrogen and oxygen atoms in total. The number of benzene rings is 1. The monoisotopic (exact) mass is 378 g/mol. The van der Waals surface area contributed by atoms with Gasteiger partial charge in [0.1, 0.15) is 10.1 Å². The molecule has 132 valence electrons. The van der Waals surface area contributed by atoms with E-state index in [0.717, 1.165) is 31.5 Å². The second kappa shape index (κ2) is 8.10. The molecule has 0 aliphatic carbocycles. The molecular weight excluding hydrogens is 359 g/mol. The van der Waals surface area contributed by atoms with Gasteiger partial charge in [-0.2, -0.15) is 0 Å². The maximum Gasteiger partial charge on any atom is 0.266 e. The summed E-state index contributed by atoms with van der Waals surface area (Å²) in [5, 5.41) is 0. The third kappa shape index (κ3) is 4.46. The zero-order valence-electron chi connectivity index (χ0n) is 13.7. The minimum absolute atomic E-state index is 0.0799. The Morgan fingerprint density at radius 3 is 2.56 bits per heavy atom. The Labute approximate surface area is 156 Å². The Kier molecular flexibility index (Phi) is 5.86. The van der Waals surface area contributed by atoms with Crippen LogP contribution in [0.2, 0.25) is 0 Å². The molecule has 2 aliphatic heterocycles. The quantitative estimate of drug-likeness (QED) is 0.595. The molecule has 2 heterocycles. The van der Waals surface area contributed by atoms with E-state index >= 15 is 0 Å². The van der Waals surface area contributed by atoms with E-state index in [1.54, 1.807) is 18.2 Å². The number of thioether (sulfide) groups is 1. The van der Waals surface area contributed by atoms with Crippen molar-refractivity contribution in [3.05, 3.63) is 40.6 Å². The largest absolute Gasteiger partial charge is 0.343 e. The third-order valence-corrected chi connectivity index (χ3v) is 5.68. The van der Waals surface area contributed by atoms with Gasteiger partial charge >= 0.3 is 0 Å². The number of amides is 2. The van der Waals surface area contributed by atoms with E-state index in [1.165, 1.54) is 35.2 Å². The summed E-state index contributed by atoms with van der Waals surface area (Å²) in [5.41, 5.74) is 0.742. The molecule has 0 saturated carbocycles. The van der Waals surface area contributed by atoms with Crippen LogP contribution in [0.25, 0.3) is 6.08 Å². The lowest BCUT2D eigenvalue weighted by atomic mass is 10.1. The lowest BCUT2D eigenvalue weighted by molar-refractivity contribution is -0.132. The first kappa shape index (κ1) is 18.1. The highest BCUT2D eigenvalue weighted by atomic mass is 32.2. The third-order valence-electron chi connectivity index (χ3n) is 4.30. The number of carbonyl (C=O) groups is 2. The summed E-state index contributed by atoms with van der Waals surface area (Å²) >= 11 is 6.50. The number of piperidine rings is 1. The van der Waals surface area contributed by atoms with Crippen LogP contribution in [0.5, 0.6) is 0 Å². The topological polar surface area (TPSA) is 40.6 Å². The predicted octanol–water partition coefficient (Wildman–Crippen LogP) is 3.43. The fraction of sp³-hybridized carbons (Fsp3) is 0.389. The summed E-state index contributed by atoms with van der Waals surface area (Å²) < 4.78 is 13.4. The van der Waals surface area contributed by atoms with Gasteiger partial charge in [0.25, 0.3) is 5.91 Å². The van der Waals surface area contributed by atoms with Gasteiger partial charge in [0, 0.05) is 26.1 Å². The predicted molar refractivity (Wildman–Crippen MR) is 101 cm³/mol. The highest BCUT2D eigenvalue weighted by Gasteiger charge is 2.32. The lowest BCUT2D eigenvalue weighted by Crippen LogP contribution is -2.38. The van der Waals surface area contributed by atoms with Crippen LogP contribution < -0.4 is 0 Å². The number of nitrogens with zero attached hydrogens (tertiary/aromatic N) is 2. The smallest absolute Gasteiger partial charge is 0.266 e. The average molecular weight is 378 g/mol. The Bertz CT molecular complexity index is 712. The highest BCUT2D eigenvalue weighted by Crippen LogP contribution is 2.32. The molecule has 2 fully saturated rings. The first-order chi connectivity index (χ1) is 12.0. The van der Waals surface area contributed by atoms with Crippen molar-refractivity contribution in [2.45, 2.75) is 25.7 Å². The molecule has 0 atom stereocenters. The van der Waals surface area contributed by atoms with Crippen LogP contribution in [0, 0.1) is 5.82 Å². The summed E-state index contributed by atoms with van der Waals surface area (Å²) in [6, 6.07) is 5.93. The molecule has 0 radical (unpaired) electrons. The van der Waals surface area contributed by atoms with Gasteiger partial charge in [0.15, 0.2) is 0 Å². The summed E-state index contributed by atoms with van der Waals surface area (Å²) in [6.45, 7) is 1.92. The molecule has 0 spiro atoms. The van der Waals surface area contributed by atoms with E-state index in [2.05, 4.69) is 0 Å². The van der Waals surface area contributed by atoms with Crippen LogP contribution in [0.1, 0.15) is 31.2 Å². The molecule has 1 aromatic rings. The summed E-state index contributed by atoms with van der Waals surface area (Å²) in [4.78, 5) is 28.6. The number of halogens is 1. The van der Waals surface area contributed by atoms with Crippen molar-refractivity contribution in [1.82, 2.24) is 9.80 Å². The molecular formula is C18H19FN2O2S2. The van der Waals surface area contributed by atoms with Gasteiger partial charge in [0.2, 0.25) is 5.91 Å². The molecule has 0 unspecified atom stereocenters. The Balaban J connectivity index is 1.61. The minimum Gasteiger partial charge on any atom is -0.343 e. The molecule has 0 N–H and O–H groups in total. The number of thiocarbonyl (C=S) groups is 1. The molecule has 2 aliphatic rings. The van der Waals surface area contributed by atoms with E-state index in [0.29, 0.717) is 15.8 Å². The number of hydrogen-bond acceptors (Lipinski definition) is 4. The van der Waals surface area contributed by atoms with Crippen LogP contribution in [-0.4, -0.2) is 45.6 Å². The van der Waals surface area contributed by atoms with Gasteiger partial charge in [-0.3, -0.25) is 14.5 Å². The van der Waals surface area contributed by atoms with Crippen molar-refractivity contribution in [2.24, 2.45) is 0 Å². The highest BCUT2D eigenvalue weighted by molar-refractivity contribution is 8.26. The molecule has 0 bridgehead atoms. The maximum atomic E-state index is 13.0. The van der Waals surface area contributed by atoms with E-state index in [-0.39, 0.29) is 24.1 Å². The van der Waals surface area contributed by atoms with Gasteiger partial charge < -0.3 is 4.90 Å². The van der Waals surface area contributed by atoms with E-state index in [9.17, 15) is 14.0 Å². The summed E-state index contributed by atoms with van der Waals surface area (Å²) in [7, 11) is 0. The molecule has 1 aromatic carbocycles. The molecule has 7 heteroatoms. The first-order valence-corrected chi connectivity index (χ1v) is 9.56. The zero-order chi connectivity index (χ0) is 17.8. The second-order valence-corrected chi connectivity index (χ2v) is 7.75. The first-order valence-electron chi connectivity index (χ1n) is 8.33. The molecule has 25 heavy (non-hydrogen) atoms. The number of rotatable bonds is 4. The van der Waals surface area contributed by atoms with E-state index in [4.69, 9.17) is 12.2 Å². The Morgan fingerprint density at radius 2 is 1.88 bits per heavy atom. The van der Waals surface area contributed by atoms with Crippen molar-refractivity contribution >= 4 is 46.2 Å². The Morgan fingerprint density at radius 1 is 1.20 bits per heavy atom. The average Bonchev–Trinajstić information content (AvgIpc) is 2.89.